The molecule has 1 aromatic rings. The Hall–Kier alpha value is -0.420. The Kier molecular flexibility index (Phi) is 5.47. The van der Waals surface area contributed by atoms with Gasteiger partial charge in [-0.2, -0.15) is 0 Å². The van der Waals surface area contributed by atoms with Crippen LogP contribution in [0.3, 0.4) is 0 Å². The standard InChI is InChI=1S/C17H31N3S/c1-13-10-20(11-14(2)19(13)6)12-16-8-7-15(21-16)9-18-17(3,4)5/h7-8,13-14,18H,9-12H2,1-6H3. The second-order valence-electron chi connectivity index (χ2n) is 7.53. The van der Waals surface area contributed by atoms with Crippen LogP contribution in [0.4, 0.5) is 0 Å². The summed E-state index contributed by atoms with van der Waals surface area (Å²) in [6, 6.07) is 5.88. The summed E-state index contributed by atoms with van der Waals surface area (Å²) in [5, 5.41) is 3.57. The third-order valence-corrected chi connectivity index (χ3v) is 5.40. The SMILES string of the molecule is CC1CN(Cc2ccc(CNC(C)(C)C)s2)CC(C)N1C. The van der Waals surface area contributed by atoms with Gasteiger partial charge in [0, 0.05) is 53.6 Å². The van der Waals surface area contributed by atoms with Crippen LogP contribution >= 0.6 is 11.3 Å². The van der Waals surface area contributed by atoms with Gasteiger partial charge in [-0.25, -0.2) is 0 Å². The monoisotopic (exact) mass is 309 g/mol. The van der Waals surface area contributed by atoms with Crippen LogP contribution in [0, 0.1) is 0 Å². The van der Waals surface area contributed by atoms with Gasteiger partial charge in [-0.15, -0.1) is 11.3 Å². The topological polar surface area (TPSA) is 18.5 Å². The minimum absolute atomic E-state index is 0.187. The van der Waals surface area contributed by atoms with Crippen molar-refractivity contribution in [3.63, 3.8) is 0 Å². The van der Waals surface area contributed by atoms with Gasteiger partial charge >= 0.3 is 0 Å². The number of nitrogens with zero attached hydrogens (tertiary/aromatic N) is 2. The summed E-state index contributed by atoms with van der Waals surface area (Å²) in [6.07, 6.45) is 0. The molecule has 1 saturated heterocycles. The van der Waals surface area contributed by atoms with Gasteiger partial charge in [-0.3, -0.25) is 9.80 Å². The molecule has 2 rings (SSSR count). The first-order valence-corrected chi connectivity index (χ1v) is 8.83. The molecule has 2 heterocycles. The highest BCUT2D eigenvalue weighted by Crippen LogP contribution is 2.22. The summed E-state index contributed by atoms with van der Waals surface area (Å²) >= 11 is 1.95. The molecule has 1 N–H and O–H groups in total. The van der Waals surface area contributed by atoms with Gasteiger partial charge in [0.05, 0.1) is 0 Å². The molecule has 2 unspecified atom stereocenters. The third-order valence-electron chi connectivity index (χ3n) is 4.33. The average molecular weight is 310 g/mol. The molecule has 1 aliphatic rings. The van der Waals surface area contributed by atoms with E-state index in [2.05, 4.69) is 68.9 Å². The molecule has 1 aliphatic heterocycles. The van der Waals surface area contributed by atoms with Crippen molar-refractivity contribution >= 4 is 11.3 Å². The van der Waals surface area contributed by atoms with E-state index in [0.717, 1.165) is 13.1 Å². The van der Waals surface area contributed by atoms with Crippen molar-refractivity contribution in [1.82, 2.24) is 15.1 Å². The zero-order valence-electron chi connectivity index (χ0n) is 14.4. The lowest BCUT2D eigenvalue weighted by Crippen LogP contribution is -2.54. The molecule has 0 spiro atoms. The number of thiophene rings is 1. The summed E-state index contributed by atoms with van der Waals surface area (Å²) in [5.74, 6) is 0. The molecule has 0 aromatic carbocycles. The van der Waals surface area contributed by atoms with Crippen LogP contribution in [-0.2, 0) is 13.1 Å². The summed E-state index contributed by atoms with van der Waals surface area (Å²) < 4.78 is 0. The molecule has 3 nitrogen and oxygen atoms in total. The number of piperazine rings is 1. The van der Waals surface area contributed by atoms with Crippen LogP contribution in [0.25, 0.3) is 0 Å². The van der Waals surface area contributed by atoms with E-state index in [1.807, 2.05) is 11.3 Å². The number of likely N-dealkylation sites (N-methyl/N-ethyl adjacent to an activating group) is 1. The Labute approximate surface area is 134 Å². The van der Waals surface area contributed by atoms with Crippen LogP contribution < -0.4 is 5.32 Å². The molecule has 4 heteroatoms. The summed E-state index contributed by atoms with van der Waals surface area (Å²) in [5.41, 5.74) is 0.187. The van der Waals surface area contributed by atoms with Crippen LogP contribution in [0.2, 0.25) is 0 Å². The molecule has 120 valence electrons. The van der Waals surface area contributed by atoms with Crippen molar-refractivity contribution in [2.24, 2.45) is 0 Å². The second kappa shape index (κ2) is 6.78. The molecule has 1 aromatic heterocycles. The molecule has 21 heavy (non-hydrogen) atoms. The minimum atomic E-state index is 0.187. The average Bonchev–Trinajstić information content (AvgIpc) is 2.80. The maximum atomic E-state index is 3.57. The highest BCUT2D eigenvalue weighted by Gasteiger charge is 2.26. The Morgan fingerprint density at radius 2 is 1.71 bits per heavy atom. The maximum Gasteiger partial charge on any atom is 0.0329 e. The van der Waals surface area contributed by atoms with Crippen molar-refractivity contribution in [2.75, 3.05) is 20.1 Å². The molecule has 0 aliphatic carbocycles. The Morgan fingerprint density at radius 1 is 1.14 bits per heavy atom. The van der Waals surface area contributed by atoms with Gasteiger partial charge in [0.2, 0.25) is 0 Å². The van der Waals surface area contributed by atoms with E-state index in [0.29, 0.717) is 12.1 Å². The van der Waals surface area contributed by atoms with Crippen LogP contribution in [0.5, 0.6) is 0 Å². The zero-order valence-corrected chi connectivity index (χ0v) is 15.3. The molecule has 0 radical (unpaired) electrons. The van der Waals surface area contributed by atoms with Gasteiger partial charge in [0.25, 0.3) is 0 Å². The molecule has 1 fully saturated rings. The smallest absolute Gasteiger partial charge is 0.0329 e. The fraction of sp³-hybridized carbons (Fsp3) is 0.765. The molecular weight excluding hydrogens is 278 g/mol. The fourth-order valence-corrected chi connectivity index (χ4v) is 3.82. The summed E-state index contributed by atoms with van der Waals surface area (Å²) in [4.78, 5) is 8.02. The first kappa shape index (κ1) is 16.9. The Bertz CT molecular complexity index is 437. The molecule has 0 amide bonds. The summed E-state index contributed by atoms with van der Waals surface area (Å²) in [6.45, 7) is 15.7. The normalized spacial score (nSPS) is 25.4. The first-order valence-electron chi connectivity index (χ1n) is 8.01. The van der Waals surface area contributed by atoms with E-state index in [1.165, 1.54) is 22.8 Å². The first-order chi connectivity index (χ1) is 9.74. The van der Waals surface area contributed by atoms with Crippen LogP contribution in [-0.4, -0.2) is 47.6 Å². The van der Waals surface area contributed by atoms with E-state index in [-0.39, 0.29) is 5.54 Å². The fourth-order valence-electron chi connectivity index (χ4n) is 2.82. The number of hydrogen-bond donors (Lipinski definition) is 1. The quantitative estimate of drug-likeness (QED) is 0.922. The van der Waals surface area contributed by atoms with Gasteiger partial charge < -0.3 is 5.32 Å². The minimum Gasteiger partial charge on any atom is -0.307 e. The molecule has 0 saturated carbocycles. The van der Waals surface area contributed by atoms with E-state index >= 15 is 0 Å². The van der Waals surface area contributed by atoms with Crippen molar-refractivity contribution in [2.45, 2.75) is 65.3 Å². The third kappa shape index (κ3) is 5.06. The Morgan fingerprint density at radius 3 is 2.29 bits per heavy atom. The number of nitrogens with one attached hydrogen (secondary N) is 1. The van der Waals surface area contributed by atoms with Gasteiger partial charge in [0.15, 0.2) is 0 Å². The molecule has 2 atom stereocenters. The number of rotatable bonds is 4. The van der Waals surface area contributed by atoms with Gasteiger partial charge in [-0.05, 0) is 53.8 Å². The zero-order chi connectivity index (χ0) is 15.6. The molecule has 0 bridgehead atoms. The second-order valence-corrected chi connectivity index (χ2v) is 8.78. The van der Waals surface area contributed by atoms with Gasteiger partial charge in [-0.1, -0.05) is 0 Å². The molecular formula is C17H31N3S. The van der Waals surface area contributed by atoms with Gasteiger partial charge in [0.1, 0.15) is 0 Å². The Balaban J connectivity index is 1.88. The highest BCUT2D eigenvalue weighted by atomic mass is 32.1. The van der Waals surface area contributed by atoms with Crippen LogP contribution in [0.15, 0.2) is 12.1 Å². The van der Waals surface area contributed by atoms with Crippen molar-refractivity contribution < 1.29 is 0 Å². The van der Waals surface area contributed by atoms with E-state index < -0.39 is 0 Å². The van der Waals surface area contributed by atoms with Crippen molar-refractivity contribution in [1.29, 1.82) is 0 Å². The predicted molar refractivity (Wildman–Crippen MR) is 92.9 cm³/mol. The largest absolute Gasteiger partial charge is 0.307 e. The maximum absolute atomic E-state index is 3.57. The van der Waals surface area contributed by atoms with E-state index in [1.54, 1.807) is 0 Å². The highest BCUT2D eigenvalue weighted by molar-refractivity contribution is 7.11. The lowest BCUT2D eigenvalue weighted by Gasteiger charge is -2.42. The number of hydrogen-bond acceptors (Lipinski definition) is 4. The lowest BCUT2D eigenvalue weighted by molar-refractivity contribution is 0.0562. The van der Waals surface area contributed by atoms with Crippen LogP contribution in [0.1, 0.15) is 44.4 Å². The van der Waals surface area contributed by atoms with Crippen molar-refractivity contribution in [3.8, 4) is 0 Å². The van der Waals surface area contributed by atoms with Crippen molar-refractivity contribution in [3.05, 3.63) is 21.9 Å². The van der Waals surface area contributed by atoms with E-state index in [9.17, 15) is 0 Å². The predicted octanol–water partition coefficient (Wildman–Crippen LogP) is 3.16. The van der Waals surface area contributed by atoms with E-state index in [4.69, 9.17) is 0 Å². The lowest BCUT2D eigenvalue weighted by atomic mass is 10.1. The summed E-state index contributed by atoms with van der Waals surface area (Å²) in [7, 11) is 2.24.